The monoisotopic (exact) mass is 289 g/mol. The highest BCUT2D eigenvalue weighted by Crippen LogP contribution is 2.24. The van der Waals surface area contributed by atoms with Gasteiger partial charge >= 0.3 is 0 Å². The van der Waals surface area contributed by atoms with E-state index < -0.39 is 0 Å². The molecular weight excluding hydrogens is 270 g/mol. The Kier molecular flexibility index (Phi) is 5.02. The average Bonchev–Trinajstić information content (AvgIpc) is 2.43. The molecule has 0 fully saturated rings. The van der Waals surface area contributed by atoms with Crippen LogP contribution in [-0.4, -0.2) is 4.98 Å². The topological polar surface area (TPSA) is 22.1 Å². The van der Waals surface area contributed by atoms with Gasteiger partial charge in [0.1, 0.15) is 5.75 Å². The maximum absolute atomic E-state index is 5.94. The van der Waals surface area contributed by atoms with E-state index in [1.807, 2.05) is 24.3 Å². The molecule has 1 aromatic carbocycles. The molecule has 3 heteroatoms. The number of rotatable bonds is 5. The summed E-state index contributed by atoms with van der Waals surface area (Å²) in [5.41, 5.74) is 4.55. The van der Waals surface area contributed by atoms with Crippen LogP contribution in [0.2, 0.25) is 0 Å². The third-order valence-electron chi connectivity index (χ3n) is 3.28. The summed E-state index contributed by atoms with van der Waals surface area (Å²) < 4.78 is 5.87. The van der Waals surface area contributed by atoms with Gasteiger partial charge in [-0.2, -0.15) is 0 Å². The lowest BCUT2D eigenvalue weighted by Gasteiger charge is -2.10. The van der Waals surface area contributed by atoms with E-state index in [0.29, 0.717) is 11.8 Å². The van der Waals surface area contributed by atoms with Gasteiger partial charge in [-0.05, 0) is 55.2 Å². The highest BCUT2D eigenvalue weighted by molar-refractivity contribution is 6.17. The van der Waals surface area contributed by atoms with Crippen LogP contribution >= 0.6 is 11.6 Å². The molecule has 0 aliphatic rings. The van der Waals surface area contributed by atoms with Crippen molar-refractivity contribution >= 4 is 11.6 Å². The third kappa shape index (κ3) is 3.73. The normalized spacial score (nSPS) is 10.6. The smallest absolute Gasteiger partial charge is 0.219 e. The van der Waals surface area contributed by atoms with E-state index >= 15 is 0 Å². The van der Waals surface area contributed by atoms with Crippen LogP contribution in [0.4, 0.5) is 0 Å². The Hall–Kier alpha value is -1.54. The molecule has 0 bridgehead atoms. The van der Waals surface area contributed by atoms with Crippen molar-refractivity contribution < 1.29 is 4.74 Å². The zero-order valence-corrected chi connectivity index (χ0v) is 13.0. The van der Waals surface area contributed by atoms with Gasteiger partial charge in [-0.15, -0.1) is 11.6 Å². The maximum Gasteiger partial charge on any atom is 0.219 e. The molecule has 1 heterocycles. The number of nitrogens with zero attached hydrogens (tertiary/aromatic N) is 1. The van der Waals surface area contributed by atoms with Gasteiger partial charge in [0.05, 0.1) is 0 Å². The van der Waals surface area contributed by atoms with Crippen molar-refractivity contribution in [3.8, 4) is 11.6 Å². The first-order chi connectivity index (χ1) is 9.62. The molecule has 0 unspecified atom stereocenters. The molecule has 0 atom stereocenters. The van der Waals surface area contributed by atoms with Gasteiger partial charge in [0.25, 0.3) is 0 Å². The first-order valence-electron chi connectivity index (χ1n) is 6.93. The number of aryl methyl sites for hydroxylation is 3. The van der Waals surface area contributed by atoms with Crippen molar-refractivity contribution in [2.75, 3.05) is 0 Å². The second kappa shape index (κ2) is 6.76. The molecule has 2 rings (SSSR count). The summed E-state index contributed by atoms with van der Waals surface area (Å²) in [6.07, 6.45) is 2.00. The standard InChI is InChI=1S/C17H20ClNO/c1-4-5-15-9-14(11-18)10-17(19-15)20-16-7-6-12(2)13(3)8-16/h6-10H,4-5,11H2,1-3H3. The zero-order chi connectivity index (χ0) is 14.5. The first-order valence-corrected chi connectivity index (χ1v) is 7.46. The molecule has 0 spiro atoms. The maximum atomic E-state index is 5.94. The summed E-state index contributed by atoms with van der Waals surface area (Å²) in [5.74, 6) is 1.91. The predicted octanol–water partition coefficient (Wildman–Crippen LogP) is 5.18. The molecule has 2 aromatic rings. The minimum atomic E-state index is 0.475. The van der Waals surface area contributed by atoms with E-state index in [0.717, 1.165) is 29.8 Å². The molecule has 0 saturated carbocycles. The van der Waals surface area contributed by atoms with Crippen LogP contribution in [0.1, 0.15) is 35.7 Å². The van der Waals surface area contributed by atoms with Gasteiger partial charge in [-0.1, -0.05) is 19.4 Å². The van der Waals surface area contributed by atoms with E-state index in [1.54, 1.807) is 0 Å². The fraction of sp³-hybridized carbons (Fsp3) is 0.353. The van der Waals surface area contributed by atoms with Gasteiger partial charge in [-0.3, -0.25) is 0 Å². The lowest BCUT2D eigenvalue weighted by Crippen LogP contribution is -1.96. The molecule has 0 radical (unpaired) electrons. The molecule has 0 aliphatic heterocycles. The fourth-order valence-electron chi connectivity index (χ4n) is 2.03. The van der Waals surface area contributed by atoms with Crippen molar-refractivity contribution in [3.05, 3.63) is 52.7 Å². The number of aromatic nitrogens is 1. The fourth-order valence-corrected chi connectivity index (χ4v) is 2.19. The van der Waals surface area contributed by atoms with E-state index in [2.05, 4.69) is 31.8 Å². The number of alkyl halides is 1. The minimum Gasteiger partial charge on any atom is -0.439 e. The van der Waals surface area contributed by atoms with Gasteiger partial charge in [0.15, 0.2) is 0 Å². The number of hydrogen-bond donors (Lipinski definition) is 0. The highest BCUT2D eigenvalue weighted by Gasteiger charge is 2.05. The summed E-state index contributed by atoms with van der Waals surface area (Å²) >= 11 is 5.94. The highest BCUT2D eigenvalue weighted by atomic mass is 35.5. The molecular formula is C17H20ClNO. The van der Waals surface area contributed by atoms with Crippen molar-refractivity contribution in [2.24, 2.45) is 0 Å². The molecule has 20 heavy (non-hydrogen) atoms. The second-order valence-corrected chi connectivity index (χ2v) is 5.30. The molecule has 2 nitrogen and oxygen atoms in total. The van der Waals surface area contributed by atoms with Crippen molar-refractivity contribution in [2.45, 2.75) is 39.5 Å². The molecule has 0 aliphatic carbocycles. The largest absolute Gasteiger partial charge is 0.439 e. The Morgan fingerprint density at radius 2 is 1.90 bits per heavy atom. The van der Waals surface area contributed by atoms with Gasteiger partial charge in [0, 0.05) is 17.6 Å². The van der Waals surface area contributed by atoms with Gasteiger partial charge < -0.3 is 4.74 Å². The Bertz CT molecular complexity index is 596. The van der Waals surface area contributed by atoms with Crippen LogP contribution in [-0.2, 0) is 12.3 Å². The molecule has 0 amide bonds. The summed E-state index contributed by atoms with van der Waals surface area (Å²) in [6, 6.07) is 10.0. The van der Waals surface area contributed by atoms with E-state index in [4.69, 9.17) is 16.3 Å². The Morgan fingerprint density at radius 3 is 2.55 bits per heavy atom. The average molecular weight is 290 g/mol. The minimum absolute atomic E-state index is 0.475. The summed E-state index contributed by atoms with van der Waals surface area (Å²) in [5, 5.41) is 0. The van der Waals surface area contributed by atoms with Crippen LogP contribution in [0.3, 0.4) is 0 Å². The number of hydrogen-bond acceptors (Lipinski definition) is 2. The van der Waals surface area contributed by atoms with Crippen molar-refractivity contribution in [1.82, 2.24) is 4.98 Å². The quantitative estimate of drug-likeness (QED) is 0.707. The van der Waals surface area contributed by atoms with Crippen LogP contribution in [0, 0.1) is 13.8 Å². The first kappa shape index (κ1) is 14.9. The Morgan fingerprint density at radius 1 is 1.10 bits per heavy atom. The van der Waals surface area contributed by atoms with E-state index in [1.165, 1.54) is 11.1 Å². The van der Waals surface area contributed by atoms with Crippen LogP contribution in [0.5, 0.6) is 11.6 Å². The molecule has 0 saturated heterocycles. The van der Waals surface area contributed by atoms with Gasteiger partial charge in [0.2, 0.25) is 5.88 Å². The second-order valence-electron chi connectivity index (χ2n) is 5.04. The zero-order valence-electron chi connectivity index (χ0n) is 12.2. The molecule has 0 N–H and O–H groups in total. The third-order valence-corrected chi connectivity index (χ3v) is 3.58. The lowest BCUT2D eigenvalue weighted by molar-refractivity contribution is 0.459. The lowest BCUT2D eigenvalue weighted by atomic mass is 10.1. The van der Waals surface area contributed by atoms with E-state index in [-0.39, 0.29) is 0 Å². The molecule has 1 aromatic heterocycles. The molecule has 106 valence electrons. The SMILES string of the molecule is CCCc1cc(CCl)cc(Oc2ccc(C)c(C)c2)n1. The number of benzene rings is 1. The Labute approximate surface area is 125 Å². The summed E-state index contributed by atoms with van der Waals surface area (Å²) in [7, 11) is 0. The number of ether oxygens (including phenoxy) is 1. The van der Waals surface area contributed by atoms with E-state index in [9.17, 15) is 0 Å². The van der Waals surface area contributed by atoms with Crippen LogP contribution < -0.4 is 4.74 Å². The summed E-state index contributed by atoms with van der Waals surface area (Å²) in [4.78, 5) is 4.54. The van der Waals surface area contributed by atoms with Crippen LogP contribution in [0.25, 0.3) is 0 Å². The Balaban J connectivity index is 2.27. The van der Waals surface area contributed by atoms with Crippen molar-refractivity contribution in [3.63, 3.8) is 0 Å². The predicted molar refractivity (Wildman–Crippen MR) is 83.8 cm³/mol. The van der Waals surface area contributed by atoms with Crippen LogP contribution in [0.15, 0.2) is 30.3 Å². The van der Waals surface area contributed by atoms with Gasteiger partial charge in [-0.25, -0.2) is 4.98 Å². The van der Waals surface area contributed by atoms with Crippen molar-refractivity contribution in [1.29, 1.82) is 0 Å². The number of halogens is 1. The summed E-state index contributed by atoms with van der Waals surface area (Å²) in [6.45, 7) is 6.30. The number of pyridine rings is 1.